The number of sulfonamides is 1. The van der Waals surface area contributed by atoms with E-state index in [1.807, 2.05) is 6.92 Å². The minimum Gasteiger partial charge on any atom is -0.392 e. The van der Waals surface area contributed by atoms with Crippen molar-refractivity contribution < 1.29 is 8.42 Å². The van der Waals surface area contributed by atoms with Crippen molar-refractivity contribution in [2.75, 3.05) is 0 Å². The van der Waals surface area contributed by atoms with Gasteiger partial charge in [-0.15, -0.1) is 0 Å². The highest BCUT2D eigenvalue weighted by Gasteiger charge is 2.41. The second-order valence-electron chi connectivity index (χ2n) is 5.29. The zero-order valence-corrected chi connectivity index (χ0v) is 16.3. The number of benzene rings is 1. The molecule has 1 aromatic carbocycles. The Morgan fingerprint density at radius 1 is 1.29 bits per heavy atom. The van der Waals surface area contributed by atoms with Gasteiger partial charge in [0.2, 0.25) is 10.0 Å². The van der Waals surface area contributed by atoms with Crippen LogP contribution in [0.2, 0.25) is 0 Å². The summed E-state index contributed by atoms with van der Waals surface area (Å²) in [5.74, 6) is 0. The van der Waals surface area contributed by atoms with Crippen LogP contribution in [0, 0.1) is 6.92 Å². The molecule has 0 unspecified atom stereocenters. The molecule has 0 amide bonds. The predicted molar refractivity (Wildman–Crippen MR) is 94.9 cm³/mol. The van der Waals surface area contributed by atoms with Crippen molar-refractivity contribution in [1.29, 1.82) is 0 Å². The van der Waals surface area contributed by atoms with E-state index >= 15 is 0 Å². The third kappa shape index (κ3) is 3.50. The van der Waals surface area contributed by atoms with Crippen molar-refractivity contribution in [3.63, 3.8) is 0 Å². The number of hydrogen-bond donors (Lipinski definition) is 2. The zero-order chi connectivity index (χ0) is 15.8. The number of nitrogens with two attached hydrogens (primary N) is 1. The lowest BCUT2D eigenvalue weighted by Crippen LogP contribution is -2.54. The Kier molecular flexibility index (Phi) is 5.15. The van der Waals surface area contributed by atoms with Crippen LogP contribution in [0.4, 0.5) is 0 Å². The minimum atomic E-state index is -3.71. The van der Waals surface area contributed by atoms with Gasteiger partial charge in [0.25, 0.3) is 0 Å². The van der Waals surface area contributed by atoms with Crippen LogP contribution in [-0.2, 0) is 10.0 Å². The SMILES string of the molecule is Cc1cc(Br)c(S(=O)(=O)NC2(C(N)=S)CCCC2)cc1Br. The maximum Gasteiger partial charge on any atom is 0.242 e. The molecule has 0 aliphatic heterocycles. The Morgan fingerprint density at radius 2 is 1.86 bits per heavy atom. The largest absolute Gasteiger partial charge is 0.392 e. The summed E-state index contributed by atoms with van der Waals surface area (Å²) in [7, 11) is -3.71. The first kappa shape index (κ1) is 17.3. The molecule has 1 saturated carbocycles. The Morgan fingerprint density at radius 3 is 2.38 bits per heavy atom. The standard InChI is InChI=1S/C13H16Br2N2O2S2/c1-8-6-10(15)11(7-9(8)14)21(18,19)17-13(12(16)20)4-2-3-5-13/h6-7,17H,2-5H2,1H3,(H2,16,20). The van der Waals surface area contributed by atoms with Crippen LogP contribution in [0.15, 0.2) is 26.0 Å². The molecule has 0 aromatic heterocycles. The average Bonchev–Trinajstić information content (AvgIpc) is 2.82. The molecule has 0 spiro atoms. The molecular formula is C13H16Br2N2O2S2. The summed E-state index contributed by atoms with van der Waals surface area (Å²) in [5, 5.41) is 0. The van der Waals surface area contributed by atoms with Gasteiger partial charge in [0.05, 0.1) is 15.4 Å². The number of aryl methyl sites for hydroxylation is 1. The van der Waals surface area contributed by atoms with E-state index in [0.29, 0.717) is 17.3 Å². The topological polar surface area (TPSA) is 72.2 Å². The molecule has 0 atom stereocenters. The lowest BCUT2D eigenvalue weighted by atomic mass is 10.00. The van der Waals surface area contributed by atoms with E-state index < -0.39 is 15.6 Å². The van der Waals surface area contributed by atoms with Gasteiger partial charge < -0.3 is 5.73 Å². The molecule has 116 valence electrons. The molecular weight excluding hydrogens is 440 g/mol. The molecule has 4 nitrogen and oxygen atoms in total. The predicted octanol–water partition coefficient (Wildman–Crippen LogP) is 3.40. The average molecular weight is 456 g/mol. The molecule has 0 bridgehead atoms. The fourth-order valence-electron chi connectivity index (χ4n) is 2.52. The van der Waals surface area contributed by atoms with E-state index in [2.05, 4.69) is 36.6 Å². The summed E-state index contributed by atoms with van der Waals surface area (Å²) in [6.45, 7) is 1.89. The number of hydrogen-bond acceptors (Lipinski definition) is 3. The summed E-state index contributed by atoms with van der Waals surface area (Å²) >= 11 is 11.8. The monoisotopic (exact) mass is 454 g/mol. The van der Waals surface area contributed by atoms with Gasteiger partial charge in [0.1, 0.15) is 0 Å². The van der Waals surface area contributed by atoms with Crippen molar-refractivity contribution in [3.05, 3.63) is 26.6 Å². The van der Waals surface area contributed by atoms with Gasteiger partial charge in [-0.2, -0.15) is 4.72 Å². The molecule has 8 heteroatoms. The van der Waals surface area contributed by atoms with Crippen LogP contribution in [0.1, 0.15) is 31.2 Å². The van der Waals surface area contributed by atoms with Crippen LogP contribution in [0.3, 0.4) is 0 Å². The van der Waals surface area contributed by atoms with E-state index in [1.165, 1.54) is 0 Å². The second-order valence-corrected chi connectivity index (χ2v) is 9.09. The van der Waals surface area contributed by atoms with Crippen molar-refractivity contribution in [1.82, 2.24) is 4.72 Å². The number of nitrogens with one attached hydrogen (secondary N) is 1. The van der Waals surface area contributed by atoms with E-state index in [0.717, 1.165) is 22.9 Å². The minimum absolute atomic E-state index is 0.183. The third-order valence-corrected chi connectivity index (χ3v) is 7.50. The van der Waals surface area contributed by atoms with Gasteiger partial charge in [0, 0.05) is 8.95 Å². The number of halogens is 2. The smallest absolute Gasteiger partial charge is 0.242 e. The molecule has 2 rings (SSSR count). The maximum absolute atomic E-state index is 12.7. The van der Waals surface area contributed by atoms with Gasteiger partial charge in [-0.1, -0.05) is 41.0 Å². The van der Waals surface area contributed by atoms with Gasteiger partial charge in [-0.3, -0.25) is 0 Å². The fourth-order valence-corrected chi connectivity index (χ4v) is 5.96. The van der Waals surface area contributed by atoms with Crippen LogP contribution < -0.4 is 10.5 Å². The first-order valence-electron chi connectivity index (χ1n) is 6.47. The Balaban J connectivity index is 2.43. The Labute approximate surface area is 147 Å². The summed E-state index contributed by atoms with van der Waals surface area (Å²) in [6.07, 6.45) is 3.12. The zero-order valence-electron chi connectivity index (χ0n) is 11.4. The quantitative estimate of drug-likeness (QED) is 0.682. The van der Waals surface area contributed by atoms with Crippen molar-refractivity contribution in [2.24, 2.45) is 5.73 Å². The first-order chi connectivity index (χ1) is 9.68. The van der Waals surface area contributed by atoms with Crippen LogP contribution in [0.5, 0.6) is 0 Å². The first-order valence-corrected chi connectivity index (χ1v) is 9.95. The van der Waals surface area contributed by atoms with E-state index in [9.17, 15) is 8.42 Å². The van der Waals surface area contributed by atoms with Gasteiger partial charge in [-0.05, 0) is 53.4 Å². The second kappa shape index (κ2) is 6.23. The molecule has 1 aliphatic carbocycles. The van der Waals surface area contributed by atoms with Gasteiger partial charge in [0.15, 0.2) is 0 Å². The van der Waals surface area contributed by atoms with E-state index in [-0.39, 0.29) is 9.88 Å². The summed E-state index contributed by atoms with van der Waals surface area (Å²) in [6, 6.07) is 3.35. The molecule has 21 heavy (non-hydrogen) atoms. The highest BCUT2D eigenvalue weighted by Crippen LogP contribution is 2.34. The molecule has 1 aliphatic rings. The van der Waals surface area contributed by atoms with Crippen molar-refractivity contribution in [2.45, 2.75) is 43.0 Å². The summed E-state index contributed by atoms with van der Waals surface area (Å²) < 4.78 is 29.4. The molecule has 3 N–H and O–H groups in total. The molecule has 0 saturated heterocycles. The van der Waals surface area contributed by atoms with Crippen LogP contribution >= 0.6 is 44.1 Å². The lowest BCUT2D eigenvalue weighted by molar-refractivity contribution is 0.502. The van der Waals surface area contributed by atoms with E-state index in [1.54, 1.807) is 12.1 Å². The Bertz CT molecular complexity index is 684. The lowest BCUT2D eigenvalue weighted by Gasteiger charge is -2.29. The van der Waals surface area contributed by atoms with Crippen LogP contribution in [-0.4, -0.2) is 18.9 Å². The highest BCUT2D eigenvalue weighted by atomic mass is 79.9. The molecule has 1 aromatic rings. The number of rotatable bonds is 4. The van der Waals surface area contributed by atoms with E-state index in [4.69, 9.17) is 18.0 Å². The summed E-state index contributed by atoms with van der Waals surface area (Å²) in [4.78, 5) is 0.397. The third-order valence-electron chi connectivity index (χ3n) is 3.76. The molecule has 1 fully saturated rings. The number of thiocarbonyl (C=S) groups is 1. The normalized spacial score (nSPS) is 17.9. The Hall–Kier alpha value is -0.0200. The molecule has 0 heterocycles. The van der Waals surface area contributed by atoms with Crippen molar-refractivity contribution >= 4 is 59.1 Å². The highest BCUT2D eigenvalue weighted by molar-refractivity contribution is 9.11. The maximum atomic E-state index is 12.7. The summed E-state index contributed by atoms with van der Waals surface area (Å²) in [5.41, 5.74) is 5.94. The fraction of sp³-hybridized carbons (Fsp3) is 0.462. The van der Waals surface area contributed by atoms with Gasteiger partial charge >= 0.3 is 0 Å². The molecule has 0 radical (unpaired) electrons. The van der Waals surface area contributed by atoms with Crippen LogP contribution in [0.25, 0.3) is 0 Å². The van der Waals surface area contributed by atoms with Gasteiger partial charge in [-0.25, -0.2) is 8.42 Å². The van der Waals surface area contributed by atoms with Crippen molar-refractivity contribution in [3.8, 4) is 0 Å².